The maximum Gasteiger partial charge on any atom is 0.313 e. The number of likely N-dealkylation sites (tertiary alicyclic amines) is 1. The molecule has 4 nitrogen and oxygen atoms in total. The van der Waals surface area contributed by atoms with Crippen LogP contribution in [0.5, 0.6) is 0 Å². The summed E-state index contributed by atoms with van der Waals surface area (Å²) in [7, 11) is 1.47. The Labute approximate surface area is 178 Å². The molecule has 2 aromatic rings. The third-order valence-corrected chi connectivity index (χ3v) is 6.12. The van der Waals surface area contributed by atoms with Crippen LogP contribution in [0.4, 0.5) is 0 Å². The molecule has 1 saturated heterocycles. The van der Waals surface area contributed by atoms with Gasteiger partial charge in [0.1, 0.15) is 0 Å². The first kappa shape index (κ1) is 21.8. The molecule has 5 heteroatoms. The number of ether oxygens (including phenoxy) is 1. The Balaban J connectivity index is 1.60. The zero-order valence-electron chi connectivity index (χ0n) is 17.0. The van der Waals surface area contributed by atoms with Crippen molar-refractivity contribution in [2.75, 3.05) is 26.7 Å². The summed E-state index contributed by atoms with van der Waals surface area (Å²) in [6.07, 6.45) is 3.59. The fourth-order valence-corrected chi connectivity index (χ4v) is 4.49. The van der Waals surface area contributed by atoms with Gasteiger partial charge in [-0.2, -0.15) is 0 Å². The van der Waals surface area contributed by atoms with Gasteiger partial charge in [0.05, 0.1) is 18.6 Å². The average molecular weight is 416 g/mol. The molecule has 1 aliphatic heterocycles. The van der Waals surface area contributed by atoms with Crippen LogP contribution in [0.25, 0.3) is 0 Å². The quantitative estimate of drug-likeness (QED) is 0.637. The number of rotatable bonds is 8. The molecule has 156 valence electrons. The Morgan fingerprint density at radius 2 is 1.93 bits per heavy atom. The van der Waals surface area contributed by atoms with E-state index in [9.17, 15) is 9.90 Å². The number of esters is 1. The van der Waals surface area contributed by atoms with E-state index >= 15 is 0 Å². The van der Waals surface area contributed by atoms with Crippen LogP contribution in [-0.2, 0) is 16.0 Å². The van der Waals surface area contributed by atoms with Crippen molar-refractivity contribution in [3.05, 3.63) is 70.7 Å². The Kier molecular flexibility index (Phi) is 7.70. The third kappa shape index (κ3) is 5.81. The number of halogens is 1. The van der Waals surface area contributed by atoms with E-state index in [1.165, 1.54) is 7.11 Å². The molecule has 0 saturated carbocycles. The Morgan fingerprint density at radius 1 is 1.21 bits per heavy atom. The van der Waals surface area contributed by atoms with E-state index in [2.05, 4.69) is 4.90 Å². The second-order valence-corrected chi connectivity index (χ2v) is 8.46. The second-order valence-electron chi connectivity index (χ2n) is 8.02. The van der Waals surface area contributed by atoms with Crippen molar-refractivity contribution in [1.82, 2.24) is 4.90 Å². The average Bonchev–Trinajstić information content (AvgIpc) is 2.75. The molecule has 1 aliphatic rings. The molecule has 3 rings (SSSR count). The smallest absolute Gasteiger partial charge is 0.313 e. The molecule has 0 bridgehead atoms. The summed E-state index contributed by atoms with van der Waals surface area (Å²) in [5.74, 6) is -0.138. The number of methoxy groups -OCH3 is 1. The molecule has 1 fully saturated rings. The maximum atomic E-state index is 12.8. The monoisotopic (exact) mass is 415 g/mol. The van der Waals surface area contributed by atoms with E-state index in [4.69, 9.17) is 16.3 Å². The largest absolute Gasteiger partial charge is 0.469 e. The van der Waals surface area contributed by atoms with Crippen LogP contribution in [0.15, 0.2) is 54.6 Å². The lowest BCUT2D eigenvalue weighted by Crippen LogP contribution is -2.49. The van der Waals surface area contributed by atoms with Crippen molar-refractivity contribution < 1.29 is 14.6 Å². The van der Waals surface area contributed by atoms with E-state index < -0.39 is 11.5 Å². The van der Waals surface area contributed by atoms with Gasteiger partial charge >= 0.3 is 5.97 Å². The summed E-state index contributed by atoms with van der Waals surface area (Å²) in [6.45, 7) is 2.52. The second kappa shape index (κ2) is 10.2. The molecule has 0 spiro atoms. The number of aliphatic hydroxyl groups excluding tert-OH is 1. The normalized spacial score (nSPS) is 20.9. The number of hydrogen-bond acceptors (Lipinski definition) is 4. The van der Waals surface area contributed by atoms with Gasteiger partial charge in [0, 0.05) is 11.6 Å². The molecule has 1 heterocycles. The number of hydrogen-bond donors (Lipinski definition) is 1. The highest BCUT2D eigenvalue weighted by Gasteiger charge is 2.43. The van der Waals surface area contributed by atoms with Crippen molar-refractivity contribution in [1.29, 1.82) is 0 Å². The van der Waals surface area contributed by atoms with Gasteiger partial charge in [0.25, 0.3) is 0 Å². The first-order valence-electron chi connectivity index (χ1n) is 10.3. The zero-order valence-corrected chi connectivity index (χ0v) is 17.8. The van der Waals surface area contributed by atoms with Gasteiger partial charge in [-0.1, -0.05) is 54.1 Å². The van der Waals surface area contributed by atoms with Crippen LogP contribution in [0.2, 0.25) is 5.02 Å². The topological polar surface area (TPSA) is 49.8 Å². The van der Waals surface area contributed by atoms with E-state index in [0.717, 1.165) is 43.5 Å². The summed E-state index contributed by atoms with van der Waals surface area (Å²) >= 11 is 6.01. The predicted octanol–water partition coefficient (Wildman–Crippen LogP) is 4.65. The van der Waals surface area contributed by atoms with Gasteiger partial charge in [0.2, 0.25) is 0 Å². The summed E-state index contributed by atoms with van der Waals surface area (Å²) in [4.78, 5) is 15.1. The Bertz CT molecular complexity index is 780. The SMILES string of the molecule is COC(=O)C1(Cc2ccc(Cl)cc2)CCCN(CCCC(O)c2ccccc2)C1. The highest BCUT2D eigenvalue weighted by molar-refractivity contribution is 6.30. The van der Waals surface area contributed by atoms with Crippen LogP contribution < -0.4 is 0 Å². The first-order valence-corrected chi connectivity index (χ1v) is 10.7. The molecule has 2 atom stereocenters. The van der Waals surface area contributed by atoms with Gasteiger partial charge < -0.3 is 14.7 Å². The molecular formula is C24H30ClNO3. The molecule has 2 unspecified atom stereocenters. The lowest BCUT2D eigenvalue weighted by atomic mass is 9.75. The fraction of sp³-hybridized carbons (Fsp3) is 0.458. The van der Waals surface area contributed by atoms with Crippen LogP contribution in [-0.4, -0.2) is 42.7 Å². The summed E-state index contributed by atoms with van der Waals surface area (Å²) in [5.41, 5.74) is 1.53. The number of benzene rings is 2. The summed E-state index contributed by atoms with van der Waals surface area (Å²) in [5, 5.41) is 11.1. The molecule has 0 aromatic heterocycles. The van der Waals surface area contributed by atoms with Gasteiger partial charge in [-0.25, -0.2) is 0 Å². The predicted molar refractivity (Wildman–Crippen MR) is 116 cm³/mol. The highest BCUT2D eigenvalue weighted by Crippen LogP contribution is 2.35. The van der Waals surface area contributed by atoms with Crippen molar-refractivity contribution in [3.8, 4) is 0 Å². The van der Waals surface area contributed by atoms with Crippen LogP contribution >= 0.6 is 11.6 Å². The van der Waals surface area contributed by atoms with Crippen molar-refractivity contribution in [3.63, 3.8) is 0 Å². The standard InChI is InChI=1S/C24H30ClNO3/c1-29-23(28)24(17-19-10-12-21(25)13-11-19)14-6-16-26(18-24)15-5-9-22(27)20-7-3-2-4-8-20/h2-4,7-8,10-13,22,27H,5-6,9,14-18H2,1H3. The fourth-order valence-electron chi connectivity index (χ4n) is 4.36. The third-order valence-electron chi connectivity index (χ3n) is 5.87. The van der Waals surface area contributed by atoms with Crippen LogP contribution in [0.3, 0.4) is 0 Å². The Morgan fingerprint density at radius 3 is 2.62 bits per heavy atom. The lowest BCUT2D eigenvalue weighted by Gasteiger charge is -2.41. The van der Waals surface area contributed by atoms with Crippen molar-refractivity contribution in [2.45, 2.75) is 38.2 Å². The molecular weight excluding hydrogens is 386 g/mol. The van der Waals surface area contributed by atoms with Gasteiger partial charge in [0.15, 0.2) is 0 Å². The lowest BCUT2D eigenvalue weighted by molar-refractivity contribution is -0.156. The number of piperidine rings is 1. The summed E-state index contributed by atoms with van der Waals surface area (Å²) in [6, 6.07) is 17.5. The molecule has 1 N–H and O–H groups in total. The molecule has 0 amide bonds. The van der Waals surface area contributed by atoms with E-state index in [-0.39, 0.29) is 5.97 Å². The van der Waals surface area contributed by atoms with Gasteiger partial charge in [-0.05, 0) is 68.5 Å². The van der Waals surface area contributed by atoms with Crippen LogP contribution in [0, 0.1) is 5.41 Å². The highest BCUT2D eigenvalue weighted by atomic mass is 35.5. The van der Waals surface area contributed by atoms with Crippen molar-refractivity contribution in [2.24, 2.45) is 5.41 Å². The number of nitrogens with zero attached hydrogens (tertiary/aromatic N) is 1. The Hall–Kier alpha value is -1.88. The molecule has 0 radical (unpaired) electrons. The number of carbonyl (C=O) groups is 1. The van der Waals surface area contributed by atoms with Crippen molar-refractivity contribution >= 4 is 17.6 Å². The minimum Gasteiger partial charge on any atom is -0.469 e. The van der Waals surface area contributed by atoms with E-state index in [0.29, 0.717) is 24.4 Å². The molecule has 29 heavy (non-hydrogen) atoms. The van der Waals surface area contributed by atoms with Crippen LogP contribution in [0.1, 0.15) is 42.9 Å². The molecule has 0 aliphatic carbocycles. The maximum absolute atomic E-state index is 12.8. The van der Waals surface area contributed by atoms with E-state index in [1.807, 2.05) is 54.6 Å². The van der Waals surface area contributed by atoms with Gasteiger partial charge in [-0.3, -0.25) is 4.79 Å². The summed E-state index contributed by atoms with van der Waals surface area (Å²) < 4.78 is 5.21. The minimum absolute atomic E-state index is 0.138. The van der Waals surface area contributed by atoms with E-state index in [1.54, 1.807) is 0 Å². The number of aliphatic hydroxyl groups is 1. The number of carbonyl (C=O) groups excluding carboxylic acids is 1. The minimum atomic E-state index is -0.529. The first-order chi connectivity index (χ1) is 14.0. The zero-order chi connectivity index (χ0) is 20.7. The molecule has 2 aromatic carbocycles. The van der Waals surface area contributed by atoms with Gasteiger partial charge in [-0.15, -0.1) is 0 Å².